The number of amides is 6. The summed E-state index contributed by atoms with van der Waals surface area (Å²) in [5.41, 5.74) is 10.0. The molecule has 4 saturated carbocycles. The average Bonchev–Trinajstić information content (AvgIpc) is 0.966. The molecule has 6 N–H and O–H groups in total. The molecule has 0 radical (unpaired) electrons. The quantitative estimate of drug-likeness (QED) is 0.0336. The van der Waals surface area contributed by atoms with Gasteiger partial charge in [0.2, 0.25) is 35.4 Å². The largest absolute Gasteiger partial charge is 0.314 e. The van der Waals surface area contributed by atoms with Crippen molar-refractivity contribution in [1.29, 1.82) is 0 Å². The van der Waals surface area contributed by atoms with Crippen LogP contribution in [0.25, 0.3) is 0 Å². The maximum atomic E-state index is 13.5. The minimum atomic E-state index is -0.293. The van der Waals surface area contributed by atoms with Gasteiger partial charge in [-0.3, -0.25) is 28.8 Å². The molecule has 4 aliphatic rings. The summed E-state index contributed by atoms with van der Waals surface area (Å²) in [4.78, 5) is 81.5. The first-order valence-corrected chi connectivity index (χ1v) is 39.4. The Morgan fingerprint density at radius 1 is 0.294 bits per heavy atom. The first-order valence-electron chi connectivity index (χ1n) is 39.4. The summed E-state index contributed by atoms with van der Waals surface area (Å²) >= 11 is 0. The number of likely N-dealkylation sites (N-methyl/N-ethyl adjacent to an activating group) is 6. The van der Waals surface area contributed by atoms with Crippen LogP contribution < -0.4 is 61.3 Å². The lowest BCUT2D eigenvalue weighted by molar-refractivity contribution is -0.118. The third-order valence-corrected chi connectivity index (χ3v) is 20.5. The van der Waals surface area contributed by atoms with Crippen molar-refractivity contribution in [3.05, 3.63) is 178 Å². The first-order chi connectivity index (χ1) is 51.9. The van der Waals surface area contributed by atoms with Gasteiger partial charge in [0.15, 0.2) is 0 Å². The van der Waals surface area contributed by atoms with Gasteiger partial charge in [-0.2, -0.15) is 0 Å². The second-order valence-corrected chi connectivity index (χ2v) is 30.3. The van der Waals surface area contributed by atoms with Gasteiger partial charge in [0.25, 0.3) is 0 Å². The summed E-state index contributed by atoms with van der Waals surface area (Å²) in [5.74, 6) is -0.643. The Labute approximate surface area is 650 Å². The van der Waals surface area contributed by atoms with Gasteiger partial charge in [-0.25, -0.2) is 13.2 Å². The Morgan fingerprint density at radius 3 is 0.679 bits per heavy atom. The highest BCUT2D eigenvalue weighted by Gasteiger charge is 2.23. The summed E-state index contributed by atoms with van der Waals surface area (Å²) in [7, 11) is 10.5. The molecule has 6 amide bonds. The number of hydrogen-bond donors (Lipinski definition) is 6. The van der Waals surface area contributed by atoms with E-state index in [-0.39, 0.29) is 65.5 Å². The molecule has 0 spiro atoms. The number of carbonyl (C=O) groups excluding carboxylic acids is 6. The zero-order valence-corrected chi connectivity index (χ0v) is 68.3. The van der Waals surface area contributed by atoms with Crippen molar-refractivity contribution in [2.75, 3.05) is 111 Å². The van der Waals surface area contributed by atoms with Crippen LogP contribution in [0.15, 0.2) is 127 Å². The number of rotatable bonds is 24. The number of anilines is 6. The van der Waals surface area contributed by atoms with E-state index < -0.39 is 0 Å². The average molecular weight is 1510 g/mol. The molecule has 0 unspecified atom stereocenters. The predicted octanol–water partition coefficient (Wildman–Crippen LogP) is 15.1. The lowest BCUT2D eigenvalue weighted by Gasteiger charge is -2.24. The first kappa shape index (κ1) is 91.3. The van der Waals surface area contributed by atoms with E-state index in [1.165, 1.54) is 139 Å². The number of nitrogens with one attached hydrogen (secondary N) is 6. The molecule has 598 valence electrons. The molecule has 0 heterocycles. The maximum absolute atomic E-state index is 13.5. The van der Waals surface area contributed by atoms with Crippen molar-refractivity contribution in [3.63, 3.8) is 0 Å². The minimum absolute atomic E-state index is 0.0289. The van der Waals surface area contributed by atoms with Crippen LogP contribution in [-0.2, 0) is 28.8 Å². The molecular weight excluding hydrogens is 1380 g/mol. The third-order valence-electron chi connectivity index (χ3n) is 20.5. The number of hydrogen-bond acceptors (Lipinski definition) is 12. The molecule has 6 aromatic rings. The number of halogens is 3. The van der Waals surface area contributed by atoms with Crippen molar-refractivity contribution in [2.45, 2.75) is 221 Å². The second-order valence-electron chi connectivity index (χ2n) is 30.3. The Hall–Kier alpha value is -8.31. The van der Waals surface area contributed by atoms with E-state index in [2.05, 4.69) is 38.8 Å². The van der Waals surface area contributed by atoms with E-state index >= 15 is 0 Å². The van der Waals surface area contributed by atoms with Crippen molar-refractivity contribution in [3.8, 4) is 0 Å². The number of aryl methyl sites for hydroxylation is 6. The highest BCUT2D eigenvalue weighted by Crippen LogP contribution is 2.25. The standard InChI is InChI=1S/C16H23FN2O.C16H24N2O.C15H21FN2O.C15H22N2O.C13H19FN2O.C13H20N2O/c1-12-8-9-14(10-15(12)17)19(2)16(20)11-18-13-6-4-3-5-7-13;1-13-8-10-15(11-9-13)18(2)16(19)12-17-14-6-4-3-5-7-14;1-11-7-8-13(9-14(11)16)18(2)15(19)10-17-12-5-3-4-6-12;1-12-7-9-14(10-8-12)17(2)15(18)11-16-13-5-3-4-6-13;1-9(2)15-8-13(17)16(4)11-6-5-10(3)12(14)7-11;1-10(2)14-9-13(16)15(4)12-7-5-11(3)6-8-12/h8-10,13,18H,3-7,11H2,1-2H3;8-11,14,17H,3-7,12H2,1-2H3;7-9,12,17H,3-6,10H2,1-2H3;7-10,13,16H,3-6,11H2,1-2H3;5-7,9,15H,8H2,1-4H3;5-8,10,14H,9H2,1-4H3. The van der Waals surface area contributed by atoms with Crippen LogP contribution in [0.1, 0.15) is 177 Å². The summed E-state index contributed by atoms with van der Waals surface area (Å²) < 4.78 is 40.4. The number of carbonyl (C=O) groups is 6. The van der Waals surface area contributed by atoms with Crippen molar-refractivity contribution < 1.29 is 41.9 Å². The smallest absolute Gasteiger partial charge is 0.240 e. The van der Waals surface area contributed by atoms with E-state index in [9.17, 15) is 41.9 Å². The van der Waals surface area contributed by atoms with Crippen molar-refractivity contribution in [2.24, 2.45) is 0 Å². The van der Waals surface area contributed by atoms with Gasteiger partial charge in [-0.05, 0) is 182 Å². The van der Waals surface area contributed by atoms with Crippen LogP contribution in [0.2, 0.25) is 0 Å². The maximum Gasteiger partial charge on any atom is 0.240 e. The second kappa shape index (κ2) is 48.4. The van der Waals surface area contributed by atoms with Gasteiger partial charge in [-0.1, -0.05) is 163 Å². The zero-order valence-electron chi connectivity index (χ0n) is 68.3. The summed E-state index contributed by atoms with van der Waals surface area (Å²) in [5, 5.41) is 19.5. The molecule has 4 aliphatic carbocycles. The molecule has 18 nitrogen and oxygen atoms in total. The lowest BCUT2D eigenvalue weighted by atomic mass is 9.95. The zero-order chi connectivity index (χ0) is 80.1. The Bertz CT molecular complexity index is 3720. The molecule has 109 heavy (non-hydrogen) atoms. The molecule has 0 bridgehead atoms. The summed E-state index contributed by atoms with van der Waals surface area (Å²) in [6.45, 7) is 21.4. The number of benzene rings is 6. The fraction of sp³-hybridized carbons (Fsp3) is 0.523. The van der Waals surface area contributed by atoms with Crippen molar-refractivity contribution in [1.82, 2.24) is 31.9 Å². The predicted molar refractivity (Wildman–Crippen MR) is 444 cm³/mol. The molecule has 0 aromatic heterocycles. The lowest BCUT2D eigenvalue weighted by Crippen LogP contribution is -2.40. The summed E-state index contributed by atoms with van der Waals surface area (Å²) in [6, 6.07) is 41.2. The van der Waals surface area contributed by atoms with E-state index in [4.69, 9.17) is 0 Å². The van der Waals surface area contributed by atoms with Crippen LogP contribution in [0.3, 0.4) is 0 Å². The van der Waals surface area contributed by atoms with Gasteiger partial charge < -0.3 is 61.3 Å². The molecule has 0 atom stereocenters. The molecule has 0 aliphatic heterocycles. The van der Waals surface area contributed by atoms with E-state index in [0.717, 1.165) is 42.7 Å². The van der Waals surface area contributed by atoms with Crippen LogP contribution in [0.5, 0.6) is 0 Å². The van der Waals surface area contributed by atoms with Gasteiger partial charge >= 0.3 is 0 Å². The monoisotopic (exact) mass is 1510 g/mol. The third kappa shape index (κ3) is 33.4. The van der Waals surface area contributed by atoms with Crippen LogP contribution in [-0.4, -0.2) is 153 Å². The van der Waals surface area contributed by atoms with E-state index in [1.807, 2.05) is 128 Å². The number of nitrogens with zero attached hydrogens (tertiary/aromatic N) is 6. The SMILES string of the molecule is Cc1ccc(N(C)C(=O)CNC(C)C)cc1.Cc1ccc(N(C)C(=O)CNC(C)C)cc1F.Cc1ccc(N(C)C(=O)CNC2CCCC2)cc1.Cc1ccc(N(C)C(=O)CNC2CCCC2)cc1F.Cc1ccc(N(C)C(=O)CNC2CCCCC2)cc1.Cc1ccc(N(C)C(=O)CNC2CCCCC2)cc1F. The highest BCUT2D eigenvalue weighted by atomic mass is 19.1. The van der Waals surface area contributed by atoms with Gasteiger partial charge in [0.1, 0.15) is 17.5 Å². The Morgan fingerprint density at radius 2 is 0.477 bits per heavy atom. The topological polar surface area (TPSA) is 194 Å². The normalized spacial score (nSPS) is 14.4. The van der Waals surface area contributed by atoms with Crippen LogP contribution in [0.4, 0.5) is 47.3 Å². The fourth-order valence-electron chi connectivity index (χ4n) is 12.6. The Balaban J connectivity index is 0.000000235. The molecule has 10 rings (SSSR count). The van der Waals surface area contributed by atoms with Crippen molar-refractivity contribution >= 4 is 69.6 Å². The van der Waals surface area contributed by atoms with Crippen LogP contribution in [0, 0.1) is 59.0 Å². The fourth-order valence-corrected chi connectivity index (χ4v) is 12.6. The summed E-state index contributed by atoms with van der Waals surface area (Å²) in [6.07, 6.45) is 22.2. The Kier molecular flexibility index (Phi) is 40.5. The van der Waals surface area contributed by atoms with Crippen LogP contribution >= 0.6 is 0 Å². The minimum Gasteiger partial charge on any atom is -0.314 e. The van der Waals surface area contributed by atoms with Gasteiger partial charge in [-0.15, -0.1) is 0 Å². The molecule has 4 fully saturated rings. The molecule has 6 aromatic carbocycles. The molecule has 21 heteroatoms. The van der Waals surface area contributed by atoms with E-state index in [1.54, 1.807) is 100 Å². The van der Waals surface area contributed by atoms with Gasteiger partial charge in [0, 0.05) is 113 Å². The van der Waals surface area contributed by atoms with E-state index in [0.29, 0.717) is 96.7 Å². The molecular formula is C88H129F3N12O6. The van der Waals surface area contributed by atoms with Gasteiger partial charge in [0.05, 0.1) is 39.3 Å². The highest BCUT2D eigenvalue weighted by molar-refractivity contribution is 5.97. The molecule has 0 saturated heterocycles.